The Kier molecular flexibility index (Phi) is 10.7. The van der Waals surface area contributed by atoms with E-state index in [1.807, 2.05) is 31.2 Å². The molecule has 0 amide bonds. The summed E-state index contributed by atoms with van der Waals surface area (Å²) < 4.78 is 50.0. The van der Waals surface area contributed by atoms with Crippen molar-refractivity contribution in [2.24, 2.45) is 0 Å². The number of hydrogen-bond acceptors (Lipinski definition) is 7. The lowest BCUT2D eigenvalue weighted by Crippen LogP contribution is -2.32. The fourth-order valence-electron chi connectivity index (χ4n) is 5.27. The first-order valence-corrected chi connectivity index (χ1v) is 16.4. The molecular formula is C34H35F3N2O3S2. The molecule has 0 radical (unpaired) electrons. The smallest absolute Gasteiger partial charge is 0.416 e. The van der Waals surface area contributed by atoms with Gasteiger partial charge >= 0.3 is 12.1 Å². The number of esters is 1. The monoisotopic (exact) mass is 640 g/mol. The third-order valence-electron chi connectivity index (χ3n) is 7.64. The summed E-state index contributed by atoms with van der Waals surface area (Å²) in [6.45, 7) is 6.49. The molecule has 4 aromatic rings. The molecule has 1 aromatic heterocycles. The molecule has 232 valence electrons. The molecular weight excluding hydrogens is 606 g/mol. The molecule has 1 saturated heterocycles. The van der Waals surface area contributed by atoms with Crippen LogP contribution in [0.3, 0.4) is 0 Å². The van der Waals surface area contributed by atoms with Gasteiger partial charge in [-0.05, 0) is 87.2 Å². The number of aryl methyl sites for hydroxylation is 1. The second-order valence-electron chi connectivity index (χ2n) is 10.7. The summed E-state index contributed by atoms with van der Waals surface area (Å²) >= 11 is 3.21. The number of alkyl halides is 3. The summed E-state index contributed by atoms with van der Waals surface area (Å²) in [7, 11) is 0. The van der Waals surface area contributed by atoms with Crippen LogP contribution < -0.4 is 4.74 Å². The highest BCUT2D eigenvalue weighted by Crippen LogP contribution is 2.37. The third kappa shape index (κ3) is 8.43. The minimum atomic E-state index is -4.38. The Hall–Kier alpha value is -3.34. The molecule has 1 aliphatic rings. The molecule has 2 heterocycles. The summed E-state index contributed by atoms with van der Waals surface area (Å²) in [6, 6.07) is 21.7. The van der Waals surface area contributed by atoms with Crippen LogP contribution in [-0.4, -0.2) is 42.2 Å². The van der Waals surface area contributed by atoms with Gasteiger partial charge in [0.15, 0.2) is 6.61 Å². The van der Waals surface area contributed by atoms with E-state index in [1.165, 1.54) is 29.0 Å². The standard InChI is InChI=1S/C34H35F3N2O3S2/c1-3-41-32(40)21-42-30-14-13-28(19-23(30)2)43-22-31-29(20-39-17-15-25(16-18-39)24-7-5-4-6-8-24)38-33(44-31)26-9-11-27(12-10-26)34(35,36)37/h4-14,19,25H,3,15-18,20-22H2,1-2H3. The predicted molar refractivity (Wildman–Crippen MR) is 169 cm³/mol. The Balaban J connectivity index is 1.30. The van der Waals surface area contributed by atoms with Gasteiger partial charge in [0.25, 0.3) is 0 Å². The molecule has 0 N–H and O–H groups in total. The summed E-state index contributed by atoms with van der Waals surface area (Å²) in [5.41, 5.74) is 3.29. The molecule has 3 aromatic carbocycles. The zero-order chi connectivity index (χ0) is 31.1. The highest BCUT2D eigenvalue weighted by molar-refractivity contribution is 7.98. The Morgan fingerprint density at radius 1 is 1.05 bits per heavy atom. The van der Waals surface area contributed by atoms with E-state index in [1.54, 1.807) is 18.7 Å². The Morgan fingerprint density at radius 3 is 2.43 bits per heavy atom. The molecule has 5 nitrogen and oxygen atoms in total. The van der Waals surface area contributed by atoms with Crippen molar-refractivity contribution in [3.63, 3.8) is 0 Å². The van der Waals surface area contributed by atoms with Gasteiger partial charge in [-0.25, -0.2) is 9.78 Å². The molecule has 5 rings (SSSR count). The van der Waals surface area contributed by atoms with Crippen LogP contribution in [0, 0.1) is 6.92 Å². The number of rotatable bonds is 11. The van der Waals surface area contributed by atoms with Gasteiger partial charge in [-0.2, -0.15) is 13.2 Å². The third-order valence-corrected chi connectivity index (χ3v) is 9.99. The van der Waals surface area contributed by atoms with E-state index in [0.29, 0.717) is 36.1 Å². The molecule has 0 saturated carbocycles. The van der Waals surface area contributed by atoms with Crippen molar-refractivity contribution in [3.05, 3.63) is 100 Å². The van der Waals surface area contributed by atoms with E-state index < -0.39 is 17.7 Å². The quantitative estimate of drug-likeness (QED) is 0.121. The number of ether oxygens (including phenoxy) is 2. The normalized spacial score (nSPS) is 14.5. The Labute approximate surface area is 264 Å². The van der Waals surface area contributed by atoms with E-state index >= 15 is 0 Å². The van der Waals surface area contributed by atoms with Crippen LogP contribution in [0.4, 0.5) is 13.2 Å². The molecule has 1 fully saturated rings. The number of halogens is 3. The van der Waals surface area contributed by atoms with E-state index in [-0.39, 0.29) is 6.61 Å². The molecule has 0 bridgehead atoms. The molecule has 0 atom stereocenters. The number of piperidine rings is 1. The molecule has 44 heavy (non-hydrogen) atoms. The van der Waals surface area contributed by atoms with Crippen molar-refractivity contribution in [2.45, 2.75) is 56.0 Å². The van der Waals surface area contributed by atoms with Crippen LogP contribution >= 0.6 is 23.1 Å². The number of carbonyl (C=O) groups is 1. The van der Waals surface area contributed by atoms with Crippen molar-refractivity contribution >= 4 is 29.1 Å². The van der Waals surface area contributed by atoms with Crippen molar-refractivity contribution < 1.29 is 27.4 Å². The van der Waals surface area contributed by atoms with Crippen LogP contribution in [0.2, 0.25) is 0 Å². The van der Waals surface area contributed by atoms with Crippen LogP contribution in [0.1, 0.15) is 52.9 Å². The minimum absolute atomic E-state index is 0.138. The topological polar surface area (TPSA) is 51.7 Å². The van der Waals surface area contributed by atoms with Crippen molar-refractivity contribution in [3.8, 4) is 16.3 Å². The second kappa shape index (κ2) is 14.6. The van der Waals surface area contributed by atoms with Crippen molar-refractivity contribution in [1.29, 1.82) is 0 Å². The summed E-state index contributed by atoms with van der Waals surface area (Å²) in [5.74, 6) is 1.45. The van der Waals surface area contributed by atoms with Gasteiger partial charge in [-0.15, -0.1) is 23.1 Å². The van der Waals surface area contributed by atoms with E-state index in [0.717, 1.165) is 64.1 Å². The number of nitrogens with zero attached hydrogens (tertiary/aromatic N) is 2. The number of benzene rings is 3. The predicted octanol–water partition coefficient (Wildman–Crippen LogP) is 8.75. The zero-order valence-electron chi connectivity index (χ0n) is 24.7. The summed E-state index contributed by atoms with van der Waals surface area (Å²) in [6.07, 6.45) is -2.22. The zero-order valence-corrected chi connectivity index (χ0v) is 26.4. The van der Waals surface area contributed by atoms with Crippen molar-refractivity contribution in [2.75, 3.05) is 26.3 Å². The van der Waals surface area contributed by atoms with Gasteiger partial charge in [0.2, 0.25) is 0 Å². The molecule has 1 aliphatic heterocycles. The van der Waals surface area contributed by atoms with Crippen LogP contribution in [0.15, 0.2) is 77.7 Å². The highest BCUT2D eigenvalue weighted by Gasteiger charge is 2.30. The van der Waals surface area contributed by atoms with Gasteiger partial charge < -0.3 is 9.47 Å². The van der Waals surface area contributed by atoms with Gasteiger partial charge in [0, 0.05) is 27.6 Å². The summed E-state index contributed by atoms with van der Waals surface area (Å²) in [5, 5.41) is 0.724. The van der Waals surface area contributed by atoms with Crippen molar-refractivity contribution in [1.82, 2.24) is 9.88 Å². The first-order chi connectivity index (χ1) is 21.2. The lowest BCUT2D eigenvalue weighted by molar-refractivity contribution is -0.145. The Bertz CT molecular complexity index is 1530. The number of aromatic nitrogens is 1. The van der Waals surface area contributed by atoms with E-state index in [2.05, 4.69) is 29.2 Å². The molecule has 10 heteroatoms. The average molecular weight is 641 g/mol. The highest BCUT2D eigenvalue weighted by atomic mass is 32.2. The maximum Gasteiger partial charge on any atom is 0.416 e. The van der Waals surface area contributed by atoms with Crippen LogP contribution in [0.5, 0.6) is 5.75 Å². The fraction of sp³-hybridized carbons (Fsp3) is 0.353. The van der Waals surface area contributed by atoms with Gasteiger partial charge in [-0.1, -0.05) is 42.5 Å². The van der Waals surface area contributed by atoms with Gasteiger partial charge in [0.1, 0.15) is 10.8 Å². The second-order valence-corrected chi connectivity index (χ2v) is 12.9. The average Bonchev–Trinajstić information content (AvgIpc) is 3.42. The molecule has 0 aliphatic carbocycles. The minimum Gasteiger partial charge on any atom is -0.482 e. The van der Waals surface area contributed by atoms with E-state index in [9.17, 15) is 18.0 Å². The number of likely N-dealkylation sites (tertiary alicyclic amines) is 1. The number of hydrogen-bond donors (Lipinski definition) is 0. The largest absolute Gasteiger partial charge is 0.482 e. The molecule has 0 unspecified atom stereocenters. The first kappa shape index (κ1) is 32.1. The maximum atomic E-state index is 13.2. The Morgan fingerprint density at radius 2 is 1.77 bits per heavy atom. The molecule has 0 spiro atoms. The van der Waals surface area contributed by atoms with Crippen LogP contribution in [0.25, 0.3) is 10.6 Å². The fourth-order valence-corrected chi connectivity index (χ4v) is 7.44. The lowest BCUT2D eigenvalue weighted by atomic mass is 9.89. The SMILES string of the molecule is CCOC(=O)COc1ccc(SCc2sc(-c3ccc(C(F)(F)F)cc3)nc2CN2CCC(c3ccccc3)CC2)cc1C. The number of thioether (sulfide) groups is 1. The first-order valence-electron chi connectivity index (χ1n) is 14.6. The summed E-state index contributed by atoms with van der Waals surface area (Å²) in [4.78, 5) is 21.2. The maximum absolute atomic E-state index is 13.2. The number of carbonyl (C=O) groups excluding carboxylic acids is 1. The van der Waals surface area contributed by atoms with Gasteiger partial charge in [-0.3, -0.25) is 4.90 Å². The lowest BCUT2D eigenvalue weighted by Gasteiger charge is -2.32. The van der Waals surface area contributed by atoms with E-state index in [4.69, 9.17) is 14.5 Å². The van der Waals surface area contributed by atoms with Crippen LogP contribution in [-0.2, 0) is 28.0 Å². The number of thiazole rings is 1. The van der Waals surface area contributed by atoms with Gasteiger partial charge in [0.05, 0.1) is 17.9 Å².